The third kappa shape index (κ3) is 3.12. The summed E-state index contributed by atoms with van der Waals surface area (Å²) in [6.45, 7) is 2.57. The Bertz CT molecular complexity index is 591. The third-order valence-electron chi connectivity index (χ3n) is 3.07. The molecule has 106 valence electrons. The number of carbonyl (C=O) groups is 1. The second kappa shape index (κ2) is 6.14. The first kappa shape index (κ1) is 14.0. The second-order valence-corrected chi connectivity index (χ2v) is 4.50. The maximum absolute atomic E-state index is 11.7. The lowest BCUT2D eigenvalue weighted by Gasteiger charge is -2.12. The zero-order valence-corrected chi connectivity index (χ0v) is 11.6. The van der Waals surface area contributed by atoms with Crippen LogP contribution in [-0.2, 0) is 11.2 Å². The summed E-state index contributed by atoms with van der Waals surface area (Å²) in [6, 6.07) is 7.40. The minimum Gasteiger partial charge on any atom is -0.469 e. The lowest BCUT2D eigenvalue weighted by Crippen LogP contribution is -2.10. The fourth-order valence-electron chi connectivity index (χ4n) is 1.96. The van der Waals surface area contributed by atoms with Gasteiger partial charge >= 0.3 is 5.97 Å². The van der Waals surface area contributed by atoms with E-state index in [1.807, 2.05) is 25.1 Å². The fraction of sp³-hybridized carbons (Fsp3) is 0.267. The fourth-order valence-corrected chi connectivity index (χ4v) is 1.96. The molecule has 0 aliphatic heterocycles. The monoisotopic (exact) mass is 274 g/mol. The van der Waals surface area contributed by atoms with Gasteiger partial charge in [0.05, 0.1) is 18.9 Å². The zero-order valence-electron chi connectivity index (χ0n) is 11.6. The number of nitrogen functional groups attached to an aromatic ring is 1. The minimum atomic E-state index is -0.430. The van der Waals surface area contributed by atoms with Gasteiger partial charge in [0.2, 0.25) is 0 Å². The molecule has 1 heterocycles. The van der Waals surface area contributed by atoms with E-state index in [-0.39, 0.29) is 0 Å². The van der Waals surface area contributed by atoms with E-state index >= 15 is 0 Å². The van der Waals surface area contributed by atoms with Crippen molar-refractivity contribution in [3.05, 3.63) is 47.4 Å². The van der Waals surface area contributed by atoms with Gasteiger partial charge in [-0.2, -0.15) is 0 Å². The predicted molar refractivity (Wildman–Crippen MR) is 77.8 cm³/mol. The molecule has 0 saturated heterocycles. The molecule has 0 saturated carbocycles. The number of aryl methyl sites for hydroxylation is 1. The smallest absolute Gasteiger partial charge is 0.340 e. The number of methoxy groups -OCH3 is 1. The third-order valence-corrected chi connectivity index (χ3v) is 3.07. The molecule has 1 aromatic carbocycles. The van der Waals surface area contributed by atoms with Crippen LogP contribution in [0.1, 0.15) is 21.7 Å². The average molecular weight is 274 g/mol. The van der Waals surface area contributed by atoms with Crippen LogP contribution in [0.4, 0.5) is 11.4 Å². The molecule has 2 rings (SSSR count). The predicted octanol–water partition coefficient (Wildman–Crippen LogP) is 2.61. The van der Waals surface area contributed by atoms with Crippen LogP contribution in [0, 0.1) is 6.92 Å². The van der Waals surface area contributed by atoms with Gasteiger partial charge in [0.15, 0.2) is 0 Å². The van der Waals surface area contributed by atoms with E-state index in [0.717, 1.165) is 23.4 Å². The first-order chi connectivity index (χ1) is 9.61. The van der Waals surface area contributed by atoms with E-state index in [4.69, 9.17) is 14.9 Å². The number of benzene rings is 1. The summed E-state index contributed by atoms with van der Waals surface area (Å²) in [4.78, 5) is 11.7. The highest BCUT2D eigenvalue weighted by Gasteiger charge is 2.13. The molecule has 20 heavy (non-hydrogen) atoms. The molecular formula is C15H18N2O3. The van der Waals surface area contributed by atoms with Crippen molar-refractivity contribution >= 4 is 17.3 Å². The van der Waals surface area contributed by atoms with Crippen molar-refractivity contribution in [1.82, 2.24) is 0 Å². The van der Waals surface area contributed by atoms with Gasteiger partial charge < -0.3 is 20.2 Å². The summed E-state index contributed by atoms with van der Waals surface area (Å²) < 4.78 is 9.99. The summed E-state index contributed by atoms with van der Waals surface area (Å²) in [5.41, 5.74) is 8.40. The number of anilines is 2. The van der Waals surface area contributed by atoms with Gasteiger partial charge in [-0.25, -0.2) is 4.79 Å². The molecule has 2 aromatic rings. The maximum atomic E-state index is 11.7. The van der Waals surface area contributed by atoms with E-state index in [0.29, 0.717) is 17.8 Å². The molecule has 0 aliphatic carbocycles. The Morgan fingerprint density at radius 3 is 2.90 bits per heavy atom. The van der Waals surface area contributed by atoms with Crippen LogP contribution < -0.4 is 11.1 Å². The van der Waals surface area contributed by atoms with Gasteiger partial charge in [0.25, 0.3) is 0 Å². The van der Waals surface area contributed by atoms with Crippen LogP contribution in [0.3, 0.4) is 0 Å². The second-order valence-electron chi connectivity index (χ2n) is 4.50. The zero-order chi connectivity index (χ0) is 14.5. The van der Waals surface area contributed by atoms with E-state index in [2.05, 4.69) is 5.32 Å². The first-order valence-corrected chi connectivity index (χ1v) is 6.36. The van der Waals surface area contributed by atoms with Gasteiger partial charge in [-0.3, -0.25) is 0 Å². The molecule has 0 fully saturated rings. The lowest BCUT2D eigenvalue weighted by atomic mass is 10.1. The molecule has 5 heteroatoms. The molecule has 0 radical (unpaired) electrons. The molecule has 0 unspecified atom stereocenters. The highest BCUT2D eigenvalue weighted by molar-refractivity contribution is 5.97. The van der Waals surface area contributed by atoms with Crippen molar-refractivity contribution in [2.45, 2.75) is 13.3 Å². The van der Waals surface area contributed by atoms with Gasteiger partial charge in [0, 0.05) is 24.3 Å². The van der Waals surface area contributed by atoms with Crippen molar-refractivity contribution in [1.29, 1.82) is 0 Å². The SMILES string of the molecule is COC(=O)c1cc(NCCc2ccco2)cc(C)c1N. The number of nitrogens with one attached hydrogen (secondary N) is 1. The van der Waals surface area contributed by atoms with Crippen LogP contribution in [0.15, 0.2) is 34.9 Å². The summed E-state index contributed by atoms with van der Waals surface area (Å²) >= 11 is 0. The Hall–Kier alpha value is -2.43. The molecule has 0 spiro atoms. The number of esters is 1. The van der Waals surface area contributed by atoms with Crippen molar-refractivity contribution < 1.29 is 13.9 Å². The van der Waals surface area contributed by atoms with Crippen LogP contribution >= 0.6 is 0 Å². The Kier molecular flexibility index (Phi) is 4.30. The van der Waals surface area contributed by atoms with Crippen LogP contribution in [0.2, 0.25) is 0 Å². The molecule has 0 aliphatic rings. The van der Waals surface area contributed by atoms with Crippen LogP contribution in [0.5, 0.6) is 0 Å². The topological polar surface area (TPSA) is 77.5 Å². The molecule has 5 nitrogen and oxygen atoms in total. The average Bonchev–Trinajstić information content (AvgIpc) is 2.95. The lowest BCUT2D eigenvalue weighted by molar-refractivity contribution is 0.0602. The number of hydrogen-bond acceptors (Lipinski definition) is 5. The number of hydrogen-bond donors (Lipinski definition) is 2. The Morgan fingerprint density at radius 2 is 2.25 bits per heavy atom. The number of carbonyl (C=O) groups excluding carboxylic acids is 1. The Labute approximate surface area is 117 Å². The van der Waals surface area contributed by atoms with E-state index in [9.17, 15) is 4.79 Å². The largest absolute Gasteiger partial charge is 0.469 e. The molecule has 3 N–H and O–H groups in total. The van der Waals surface area contributed by atoms with Gasteiger partial charge in [-0.15, -0.1) is 0 Å². The van der Waals surface area contributed by atoms with E-state index < -0.39 is 5.97 Å². The maximum Gasteiger partial charge on any atom is 0.340 e. The van der Waals surface area contributed by atoms with Crippen LogP contribution in [0.25, 0.3) is 0 Å². The van der Waals surface area contributed by atoms with Gasteiger partial charge in [-0.1, -0.05) is 0 Å². The molecule has 1 aromatic heterocycles. The molecule has 0 bridgehead atoms. The highest BCUT2D eigenvalue weighted by Crippen LogP contribution is 2.23. The highest BCUT2D eigenvalue weighted by atomic mass is 16.5. The van der Waals surface area contributed by atoms with Crippen molar-refractivity contribution in [3.8, 4) is 0 Å². The summed E-state index contributed by atoms with van der Waals surface area (Å²) in [7, 11) is 1.34. The quantitative estimate of drug-likeness (QED) is 0.647. The summed E-state index contributed by atoms with van der Waals surface area (Å²) in [5.74, 6) is 0.484. The minimum absolute atomic E-state index is 0.382. The number of furan rings is 1. The molecule has 0 amide bonds. The first-order valence-electron chi connectivity index (χ1n) is 6.36. The van der Waals surface area contributed by atoms with Crippen LogP contribution in [-0.4, -0.2) is 19.6 Å². The number of ether oxygens (including phenoxy) is 1. The number of nitrogens with two attached hydrogens (primary N) is 1. The summed E-state index contributed by atoms with van der Waals surface area (Å²) in [6.07, 6.45) is 2.42. The van der Waals surface area contributed by atoms with Gasteiger partial charge in [0.1, 0.15) is 5.76 Å². The summed E-state index contributed by atoms with van der Waals surface area (Å²) in [5, 5.41) is 3.25. The Balaban J connectivity index is 2.08. The van der Waals surface area contributed by atoms with Crippen molar-refractivity contribution in [3.63, 3.8) is 0 Å². The molecule has 0 atom stereocenters. The molecular weight excluding hydrogens is 256 g/mol. The van der Waals surface area contributed by atoms with E-state index in [1.54, 1.807) is 12.3 Å². The van der Waals surface area contributed by atoms with Gasteiger partial charge in [-0.05, 0) is 36.8 Å². The number of rotatable bonds is 5. The van der Waals surface area contributed by atoms with E-state index in [1.165, 1.54) is 7.11 Å². The Morgan fingerprint density at radius 1 is 1.45 bits per heavy atom. The standard InChI is InChI=1S/C15H18N2O3/c1-10-8-11(9-13(14(10)16)15(18)19-2)17-6-5-12-4-3-7-20-12/h3-4,7-9,17H,5-6,16H2,1-2H3. The van der Waals surface area contributed by atoms with Crippen molar-refractivity contribution in [2.24, 2.45) is 0 Å². The van der Waals surface area contributed by atoms with Crippen molar-refractivity contribution in [2.75, 3.05) is 24.7 Å². The normalized spacial score (nSPS) is 10.3.